The van der Waals surface area contributed by atoms with Crippen LogP contribution in [0, 0.1) is 17.5 Å². The predicted molar refractivity (Wildman–Crippen MR) is 47.5 cm³/mol. The van der Waals surface area contributed by atoms with E-state index in [1.165, 1.54) is 6.92 Å². The molecule has 0 bridgehead atoms. The van der Waals surface area contributed by atoms with Crippen molar-refractivity contribution in [3.63, 3.8) is 0 Å². The van der Waals surface area contributed by atoms with E-state index in [1.807, 2.05) is 0 Å². The van der Waals surface area contributed by atoms with Crippen molar-refractivity contribution in [3.05, 3.63) is 35.1 Å². The quantitative estimate of drug-likeness (QED) is 0.626. The monoisotopic (exact) mass is 324 g/mol. The Kier molecular flexibility index (Phi) is 4.43. The summed E-state index contributed by atoms with van der Waals surface area (Å²) >= 11 is -1.53. The van der Waals surface area contributed by atoms with Crippen LogP contribution in [0.5, 0.6) is 0 Å². The van der Waals surface area contributed by atoms with Gasteiger partial charge >= 0.3 is 95.1 Å². The van der Waals surface area contributed by atoms with Gasteiger partial charge in [-0.25, -0.2) is 0 Å². The molecule has 0 heterocycles. The molecule has 0 atom stereocenters. The molecular weight excluding hydrogens is 316 g/mol. The van der Waals surface area contributed by atoms with Gasteiger partial charge in [0.05, 0.1) is 0 Å². The number of benzene rings is 1. The third kappa shape index (κ3) is 3.73. The molecule has 1 aromatic carbocycles. The van der Waals surface area contributed by atoms with Gasteiger partial charge in [-0.1, -0.05) is 0 Å². The molecule has 0 saturated heterocycles. The van der Waals surface area contributed by atoms with Gasteiger partial charge in [-0.3, -0.25) is 0 Å². The van der Waals surface area contributed by atoms with Gasteiger partial charge in [0.2, 0.25) is 0 Å². The zero-order valence-corrected chi connectivity index (χ0v) is 10.7. The zero-order chi connectivity index (χ0) is 11.4. The molecule has 2 radical (unpaired) electrons. The molecule has 1 aromatic rings. The van der Waals surface area contributed by atoms with Crippen molar-refractivity contribution in [3.8, 4) is 0 Å². The Morgan fingerprint density at radius 2 is 1.87 bits per heavy atom. The second-order valence-corrected chi connectivity index (χ2v) is 5.19. The van der Waals surface area contributed by atoms with Gasteiger partial charge in [-0.15, -0.1) is 0 Å². The summed E-state index contributed by atoms with van der Waals surface area (Å²) in [6.45, 7) is 1.25. The number of hydrogen-bond acceptors (Lipinski definition) is 2. The molecule has 0 fully saturated rings. The van der Waals surface area contributed by atoms with E-state index in [0.29, 0.717) is 6.07 Å². The Morgan fingerprint density at radius 3 is 2.47 bits per heavy atom. The van der Waals surface area contributed by atoms with Crippen LogP contribution >= 0.6 is 0 Å². The van der Waals surface area contributed by atoms with Crippen LogP contribution in [0.25, 0.3) is 0 Å². The summed E-state index contributed by atoms with van der Waals surface area (Å²) in [7, 11) is 0. The van der Waals surface area contributed by atoms with Crippen molar-refractivity contribution in [2.75, 3.05) is 0 Å². The first-order valence-electron chi connectivity index (χ1n) is 4.04. The summed E-state index contributed by atoms with van der Waals surface area (Å²) in [5.74, 6) is -3.53. The summed E-state index contributed by atoms with van der Waals surface area (Å²) in [4.78, 5) is 10.4. The van der Waals surface area contributed by atoms with E-state index < -0.39 is 45.0 Å². The molecule has 0 aliphatic heterocycles. The summed E-state index contributed by atoms with van der Waals surface area (Å²) in [5.41, 5.74) is 0.0572. The Balaban J connectivity index is 2.69. The van der Waals surface area contributed by atoms with Crippen LogP contribution in [-0.4, -0.2) is 27.5 Å². The van der Waals surface area contributed by atoms with Crippen LogP contribution in [0.4, 0.5) is 13.2 Å². The average molecular weight is 323 g/mol. The van der Waals surface area contributed by atoms with Gasteiger partial charge in [-0.2, -0.15) is 0 Å². The molecule has 0 aromatic heterocycles. The fourth-order valence-corrected chi connectivity index (χ4v) is 2.92. The first kappa shape index (κ1) is 12.3. The third-order valence-corrected chi connectivity index (χ3v) is 4.30. The average Bonchev–Trinajstić information content (AvgIpc) is 2.13. The van der Waals surface area contributed by atoms with E-state index in [-0.39, 0.29) is 10.0 Å². The van der Waals surface area contributed by atoms with E-state index in [0.717, 1.165) is 6.07 Å². The van der Waals surface area contributed by atoms with E-state index in [1.54, 1.807) is 0 Å². The topological polar surface area (TPSA) is 26.3 Å². The molecule has 0 saturated carbocycles. The first-order valence-corrected chi connectivity index (χ1v) is 7.22. The number of carbonyl (C=O) groups is 1. The minimum absolute atomic E-state index is 0.0572. The molecule has 0 spiro atoms. The Labute approximate surface area is 95.2 Å². The zero-order valence-electron chi connectivity index (χ0n) is 7.81. The van der Waals surface area contributed by atoms with Crippen LogP contribution in [0.15, 0.2) is 12.1 Å². The molecule has 2 nitrogen and oxygen atoms in total. The SMILES string of the molecule is CC(=O)[O][Sn][CH2]c1cc(F)c(F)cc1F. The Bertz CT molecular complexity index is 382. The Hall–Kier alpha value is -0.721. The van der Waals surface area contributed by atoms with E-state index in [4.69, 9.17) is 3.07 Å². The predicted octanol–water partition coefficient (Wildman–Crippen LogP) is 1.79. The molecule has 0 N–H and O–H groups in total. The minimum atomic E-state index is -1.53. The van der Waals surface area contributed by atoms with Crippen molar-refractivity contribution < 1.29 is 21.0 Å². The molecule has 0 amide bonds. The molecule has 0 aliphatic carbocycles. The van der Waals surface area contributed by atoms with E-state index >= 15 is 0 Å². The second kappa shape index (κ2) is 5.39. The molecule has 15 heavy (non-hydrogen) atoms. The summed E-state index contributed by atoms with van der Waals surface area (Å²) in [6, 6.07) is 1.30. The van der Waals surface area contributed by atoms with Crippen LogP contribution in [0.1, 0.15) is 12.5 Å². The fourth-order valence-electron chi connectivity index (χ4n) is 0.915. The van der Waals surface area contributed by atoms with Gasteiger partial charge in [0, 0.05) is 0 Å². The van der Waals surface area contributed by atoms with Gasteiger partial charge in [0.15, 0.2) is 0 Å². The van der Waals surface area contributed by atoms with Gasteiger partial charge in [0.1, 0.15) is 0 Å². The summed E-state index contributed by atoms with van der Waals surface area (Å²) < 4.78 is 43.2. The maximum atomic E-state index is 13.0. The summed E-state index contributed by atoms with van der Waals surface area (Å²) in [6.07, 6.45) is 0. The van der Waals surface area contributed by atoms with Crippen molar-refractivity contribution in [2.24, 2.45) is 0 Å². The summed E-state index contributed by atoms with van der Waals surface area (Å²) in [5, 5.41) is 0. The normalized spacial score (nSPS) is 10.1. The van der Waals surface area contributed by atoms with Gasteiger partial charge in [-0.05, 0) is 0 Å². The maximum absolute atomic E-state index is 13.0. The van der Waals surface area contributed by atoms with Crippen molar-refractivity contribution in [1.29, 1.82) is 0 Å². The van der Waals surface area contributed by atoms with Crippen LogP contribution < -0.4 is 0 Å². The van der Waals surface area contributed by atoms with Crippen molar-refractivity contribution in [2.45, 2.75) is 11.4 Å². The Morgan fingerprint density at radius 1 is 1.27 bits per heavy atom. The van der Waals surface area contributed by atoms with E-state index in [9.17, 15) is 18.0 Å². The van der Waals surface area contributed by atoms with Crippen LogP contribution in [0.2, 0.25) is 0 Å². The molecule has 1 rings (SSSR count). The second-order valence-electron chi connectivity index (χ2n) is 2.77. The van der Waals surface area contributed by atoms with Crippen molar-refractivity contribution >= 4 is 27.5 Å². The van der Waals surface area contributed by atoms with E-state index in [2.05, 4.69) is 0 Å². The van der Waals surface area contributed by atoms with Crippen molar-refractivity contribution in [1.82, 2.24) is 0 Å². The number of hydrogen-bond donors (Lipinski definition) is 0. The first-order chi connectivity index (χ1) is 7.00. The molecule has 80 valence electrons. The third-order valence-electron chi connectivity index (χ3n) is 1.57. The number of rotatable bonds is 3. The number of carbonyl (C=O) groups excluding carboxylic acids is 1. The number of halogens is 3. The van der Waals surface area contributed by atoms with Gasteiger partial charge < -0.3 is 0 Å². The molecule has 6 heteroatoms. The van der Waals surface area contributed by atoms with Gasteiger partial charge in [0.25, 0.3) is 0 Å². The van der Waals surface area contributed by atoms with Crippen LogP contribution in [-0.2, 0) is 12.3 Å². The molecular formula is C9H7F3O2Sn. The van der Waals surface area contributed by atoms with Crippen LogP contribution in [0.3, 0.4) is 0 Å². The molecule has 0 aliphatic rings. The fraction of sp³-hybridized carbons (Fsp3) is 0.222. The standard InChI is InChI=1S/C7H4F3.C2H4O2.Sn/c1-4-2-6(9)7(10)3-5(4)8;1-2(3)4;/h2-3H,1H2;1H3,(H,3,4);/q;;+1/p-1. The molecule has 0 unspecified atom stereocenters.